The lowest BCUT2D eigenvalue weighted by Crippen LogP contribution is -2.08. The molecular formula is C9H10N2O2. The second-order valence-corrected chi connectivity index (χ2v) is 2.72. The molecule has 1 unspecified atom stereocenters. The summed E-state index contributed by atoms with van der Waals surface area (Å²) in [5.41, 5.74) is 6.25. The minimum atomic E-state index is -0.420. The molecule has 0 aliphatic rings. The van der Waals surface area contributed by atoms with Crippen LogP contribution in [0, 0.1) is 11.3 Å². The van der Waals surface area contributed by atoms with Crippen molar-refractivity contribution in [3.05, 3.63) is 23.8 Å². The molecule has 68 valence electrons. The molecule has 0 bridgehead atoms. The molecule has 4 heteroatoms. The van der Waals surface area contributed by atoms with Gasteiger partial charge in [-0.2, -0.15) is 5.26 Å². The lowest BCUT2D eigenvalue weighted by Gasteiger charge is -2.08. The summed E-state index contributed by atoms with van der Waals surface area (Å²) in [7, 11) is 0. The SMILES string of the molecule is N#CCC(N)c1ccc(O)c(O)c1. The molecule has 13 heavy (non-hydrogen) atoms. The molecule has 0 fully saturated rings. The van der Waals surface area contributed by atoms with Gasteiger partial charge in [0.25, 0.3) is 0 Å². The molecule has 1 rings (SSSR count). The van der Waals surface area contributed by atoms with Gasteiger partial charge in [-0.25, -0.2) is 0 Å². The van der Waals surface area contributed by atoms with Crippen molar-refractivity contribution < 1.29 is 10.2 Å². The maximum atomic E-state index is 9.13. The number of nitrogens with two attached hydrogens (primary N) is 1. The molecule has 0 aliphatic heterocycles. The third-order valence-electron chi connectivity index (χ3n) is 1.74. The second kappa shape index (κ2) is 3.78. The van der Waals surface area contributed by atoms with Gasteiger partial charge in [0.1, 0.15) is 0 Å². The number of nitrogens with zero attached hydrogens (tertiary/aromatic N) is 1. The van der Waals surface area contributed by atoms with E-state index in [1.165, 1.54) is 12.1 Å². The van der Waals surface area contributed by atoms with Crippen molar-refractivity contribution in [3.8, 4) is 17.6 Å². The van der Waals surface area contributed by atoms with Crippen molar-refractivity contribution in [2.45, 2.75) is 12.5 Å². The van der Waals surface area contributed by atoms with E-state index in [-0.39, 0.29) is 17.9 Å². The monoisotopic (exact) mass is 178 g/mol. The number of phenols is 2. The zero-order valence-corrected chi connectivity index (χ0v) is 6.94. The number of rotatable bonds is 2. The van der Waals surface area contributed by atoms with E-state index in [9.17, 15) is 0 Å². The van der Waals surface area contributed by atoms with E-state index in [2.05, 4.69) is 0 Å². The van der Waals surface area contributed by atoms with Crippen LogP contribution in [0.25, 0.3) is 0 Å². The van der Waals surface area contributed by atoms with E-state index in [1.54, 1.807) is 6.07 Å². The van der Waals surface area contributed by atoms with Gasteiger partial charge in [0.2, 0.25) is 0 Å². The molecule has 0 saturated heterocycles. The first kappa shape index (κ1) is 9.36. The second-order valence-electron chi connectivity index (χ2n) is 2.72. The molecule has 1 aromatic rings. The van der Waals surface area contributed by atoms with Gasteiger partial charge in [-0.15, -0.1) is 0 Å². The van der Waals surface area contributed by atoms with Gasteiger partial charge >= 0.3 is 0 Å². The van der Waals surface area contributed by atoms with Crippen LogP contribution in [0.2, 0.25) is 0 Å². The summed E-state index contributed by atoms with van der Waals surface area (Å²) >= 11 is 0. The fourth-order valence-corrected chi connectivity index (χ4v) is 0.987. The van der Waals surface area contributed by atoms with Crippen LogP contribution in [0.1, 0.15) is 18.0 Å². The standard InChI is InChI=1S/C9H10N2O2/c10-4-3-7(11)6-1-2-8(12)9(13)5-6/h1-2,5,7,12-13H,3,11H2. The highest BCUT2D eigenvalue weighted by molar-refractivity contribution is 5.41. The van der Waals surface area contributed by atoms with Crippen LogP contribution < -0.4 is 5.73 Å². The average molecular weight is 178 g/mol. The first-order valence-corrected chi connectivity index (χ1v) is 3.79. The van der Waals surface area contributed by atoms with Crippen LogP contribution in [-0.4, -0.2) is 10.2 Å². The van der Waals surface area contributed by atoms with Crippen LogP contribution in [0.5, 0.6) is 11.5 Å². The number of aromatic hydroxyl groups is 2. The smallest absolute Gasteiger partial charge is 0.157 e. The molecular weight excluding hydrogens is 168 g/mol. The topological polar surface area (TPSA) is 90.3 Å². The van der Waals surface area contributed by atoms with Crippen molar-refractivity contribution in [2.75, 3.05) is 0 Å². The van der Waals surface area contributed by atoms with Crippen LogP contribution in [0.15, 0.2) is 18.2 Å². The Morgan fingerprint density at radius 3 is 2.62 bits per heavy atom. The highest BCUT2D eigenvalue weighted by Crippen LogP contribution is 2.27. The summed E-state index contributed by atoms with van der Waals surface area (Å²) in [4.78, 5) is 0. The Hall–Kier alpha value is -1.73. The maximum Gasteiger partial charge on any atom is 0.157 e. The summed E-state index contributed by atoms with van der Waals surface area (Å²) in [6, 6.07) is 5.80. The molecule has 1 aromatic carbocycles. The molecule has 0 aliphatic carbocycles. The third-order valence-corrected chi connectivity index (χ3v) is 1.74. The number of benzene rings is 1. The number of phenolic OH excluding ortho intramolecular Hbond substituents is 2. The summed E-state index contributed by atoms with van der Waals surface area (Å²) < 4.78 is 0. The van der Waals surface area contributed by atoms with Gasteiger partial charge in [-0.05, 0) is 17.7 Å². The Balaban J connectivity index is 2.91. The van der Waals surface area contributed by atoms with Gasteiger partial charge in [-0.1, -0.05) is 6.07 Å². The first-order chi connectivity index (χ1) is 6.15. The summed E-state index contributed by atoms with van der Waals surface area (Å²) in [6.07, 6.45) is 0.185. The first-order valence-electron chi connectivity index (χ1n) is 3.79. The molecule has 0 saturated carbocycles. The predicted octanol–water partition coefficient (Wildman–Crippen LogP) is 1.01. The number of hydrogen-bond donors (Lipinski definition) is 3. The summed E-state index contributed by atoms with van der Waals surface area (Å²) in [6.45, 7) is 0. The molecule has 0 spiro atoms. The van der Waals surface area contributed by atoms with Crippen molar-refractivity contribution in [3.63, 3.8) is 0 Å². The molecule has 0 amide bonds. The Morgan fingerprint density at radius 1 is 1.38 bits per heavy atom. The predicted molar refractivity (Wildman–Crippen MR) is 46.9 cm³/mol. The van der Waals surface area contributed by atoms with Gasteiger partial charge in [-0.3, -0.25) is 0 Å². The zero-order chi connectivity index (χ0) is 9.84. The number of hydrogen-bond acceptors (Lipinski definition) is 4. The average Bonchev–Trinajstić information content (AvgIpc) is 2.10. The van der Waals surface area contributed by atoms with E-state index in [0.717, 1.165) is 0 Å². The van der Waals surface area contributed by atoms with Gasteiger partial charge in [0.05, 0.1) is 12.5 Å². The largest absolute Gasteiger partial charge is 0.504 e. The van der Waals surface area contributed by atoms with Crippen molar-refractivity contribution >= 4 is 0 Å². The fraction of sp³-hybridized carbons (Fsp3) is 0.222. The minimum absolute atomic E-state index is 0.185. The van der Waals surface area contributed by atoms with Crippen molar-refractivity contribution in [1.29, 1.82) is 5.26 Å². The van der Waals surface area contributed by atoms with Crippen molar-refractivity contribution in [1.82, 2.24) is 0 Å². The van der Waals surface area contributed by atoms with E-state index in [1.807, 2.05) is 6.07 Å². The van der Waals surface area contributed by atoms with Crippen LogP contribution >= 0.6 is 0 Å². The fourth-order valence-electron chi connectivity index (χ4n) is 0.987. The van der Waals surface area contributed by atoms with E-state index >= 15 is 0 Å². The van der Waals surface area contributed by atoms with Crippen LogP contribution in [0.3, 0.4) is 0 Å². The molecule has 4 N–H and O–H groups in total. The normalized spacial score (nSPS) is 12.0. The quantitative estimate of drug-likeness (QED) is 0.589. The molecule has 0 radical (unpaired) electrons. The van der Waals surface area contributed by atoms with Crippen LogP contribution in [-0.2, 0) is 0 Å². The Kier molecular flexibility index (Phi) is 2.72. The van der Waals surface area contributed by atoms with E-state index in [4.69, 9.17) is 21.2 Å². The van der Waals surface area contributed by atoms with Gasteiger partial charge in [0, 0.05) is 6.04 Å². The maximum absolute atomic E-state index is 9.13. The van der Waals surface area contributed by atoms with Crippen LogP contribution in [0.4, 0.5) is 0 Å². The van der Waals surface area contributed by atoms with Crippen molar-refractivity contribution in [2.24, 2.45) is 5.73 Å². The Bertz CT molecular complexity index is 344. The van der Waals surface area contributed by atoms with E-state index in [0.29, 0.717) is 5.56 Å². The Morgan fingerprint density at radius 2 is 2.08 bits per heavy atom. The zero-order valence-electron chi connectivity index (χ0n) is 6.94. The van der Waals surface area contributed by atoms with Gasteiger partial charge in [0.15, 0.2) is 11.5 Å². The highest BCUT2D eigenvalue weighted by Gasteiger charge is 2.07. The summed E-state index contributed by atoms with van der Waals surface area (Å²) in [5.74, 6) is -0.404. The van der Waals surface area contributed by atoms with Gasteiger partial charge < -0.3 is 15.9 Å². The molecule has 1 atom stereocenters. The lowest BCUT2D eigenvalue weighted by molar-refractivity contribution is 0.402. The molecule has 0 aromatic heterocycles. The lowest BCUT2D eigenvalue weighted by atomic mass is 10.1. The molecule has 4 nitrogen and oxygen atoms in total. The van der Waals surface area contributed by atoms with E-state index < -0.39 is 6.04 Å². The molecule has 0 heterocycles. The number of nitriles is 1. The third kappa shape index (κ3) is 2.10. The summed E-state index contributed by atoms with van der Waals surface area (Å²) in [5, 5.41) is 26.5. The highest BCUT2D eigenvalue weighted by atomic mass is 16.3. The minimum Gasteiger partial charge on any atom is -0.504 e. The Labute approximate surface area is 75.8 Å².